The molecule has 2 unspecified atom stereocenters. The summed E-state index contributed by atoms with van der Waals surface area (Å²) in [5.74, 6) is 0.575. The predicted octanol–water partition coefficient (Wildman–Crippen LogP) is 2.33. The second-order valence-corrected chi connectivity index (χ2v) is 5.69. The molecule has 2 aliphatic rings. The molecule has 2 N–H and O–H groups in total. The van der Waals surface area contributed by atoms with Gasteiger partial charge in [-0.05, 0) is 52.4 Å². The van der Waals surface area contributed by atoms with Crippen LogP contribution in [0, 0.1) is 5.92 Å². The second-order valence-electron chi connectivity index (χ2n) is 5.69. The Hall–Kier alpha value is -0.280. The highest BCUT2D eigenvalue weighted by Gasteiger charge is 2.36. The van der Waals surface area contributed by atoms with E-state index in [-0.39, 0.29) is 24.4 Å². The molecule has 0 bridgehead atoms. The van der Waals surface area contributed by atoms with Crippen LogP contribution in [-0.2, 0) is 4.79 Å². The summed E-state index contributed by atoms with van der Waals surface area (Å²) in [5, 5.41) is 0. The summed E-state index contributed by atoms with van der Waals surface area (Å²) in [5.41, 5.74) is 5.89. The van der Waals surface area contributed by atoms with Crippen LogP contribution in [-0.4, -0.2) is 28.9 Å². The van der Waals surface area contributed by atoms with Crippen molar-refractivity contribution in [1.29, 1.82) is 0 Å². The van der Waals surface area contributed by atoms with E-state index in [1.807, 2.05) is 0 Å². The van der Waals surface area contributed by atoms with E-state index in [2.05, 4.69) is 18.7 Å². The number of nitrogens with two attached hydrogens (primary N) is 1. The third kappa shape index (κ3) is 3.14. The van der Waals surface area contributed by atoms with Gasteiger partial charge in [-0.3, -0.25) is 4.79 Å². The van der Waals surface area contributed by atoms with Crippen LogP contribution in [0.1, 0.15) is 52.4 Å². The van der Waals surface area contributed by atoms with E-state index in [1.54, 1.807) is 0 Å². The summed E-state index contributed by atoms with van der Waals surface area (Å²) in [4.78, 5) is 14.6. The zero-order chi connectivity index (χ0) is 11.7. The summed E-state index contributed by atoms with van der Waals surface area (Å²) in [6.07, 6.45) is 6.59. The number of halogens is 1. The summed E-state index contributed by atoms with van der Waals surface area (Å²) in [6.45, 7) is 4.26. The zero-order valence-corrected chi connectivity index (χ0v) is 11.7. The number of rotatable bonds is 3. The van der Waals surface area contributed by atoms with E-state index >= 15 is 0 Å². The van der Waals surface area contributed by atoms with Crippen LogP contribution in [0.25, 0.3) is 0 Å². The summed E-state index contributed by atoms with van der Waals surface area (Å²) in [6, 6.07) is 1.11. The quantitative estimate of drug-likeness (QED) is 0.847. The van der Waals surface area contributed by atoms with E-state index < -0.39 is 0 Å². The highest BCUT2D eigenvalue weighted by Crippen LogP contribution is 2.32. The smallest absolute Gasteiger partial charge is 0.226 e. The number of amides is 1. The standard InChI is InChI=1S/C13H24N2O.ClH/c1-9(2)15(12-4-3-5-12)13(16)10-6-7-11(14)8-10;/h9-12H,3-8,14H2,1-2H3;1H. The molecule has 100 valence electrons. The zero-order valence-electron chi connectivity index (χ0n) is 10.9. The minimum absolute atomic E-state index is 0. The molecule has 2 aliphatic carbocycles. The van der Waals surface area contributed by atoms with E-state index in [0.29, 0.717) is 18.0 Å². The van der Waals surface area contributed by atoms with Gasteiger partial charge >= 0.3 is 0 Å². The van der Waals surface area contributed by atoms with E-state index in [1.165, 1.54) is 19.3 Å². The van der Waals surface area contributed by atoms with Crippen molar-refractivity contribution in [2.75, 3.05) is 0 Å². The maximum absolute atomic E-state index is 12.4. The Bertz CT molecular complexity index is 266. The van der Waals surface area contributed by atoms with Crippen molar-refractivity contribution >= 4 is 18.3 Å². The number of hydrogen-bond donors (Lipinski definition) is 1. The molecule has 1 amide bonds. The summed E-state index contributed by atoms with van der Waals surface area (Å²) >= 11 is 0. The fraction of sp³-hybridized carbons (Fsp3) is 0.923. The van der Waals surface area contributed by atoms with Gasteiger partial charge in [0.15, 0.2) is 0 Å². The number of carbonyl (C=O) groups excluding carboxylic acids is 1. The van der Waals surface area contributed by atoms with Gasteiger partial charge in [-0.25, -0.2) is 0 Å². The molecule has 0 saturated heterocycles. The molecular weight excluding hydrogens is 236 g/mol. The molecule has 2 fully saturated rings. The van der Waals surface area contributed by atoms with Crippen molar-refractivity contribution in [2.45, 2.75) is 70.5 Å². The van der Waals surface area contributed by atoms with Gasteiger partial charge in [0.05, 0.1) is 0 Å². The summed E-state index contributed by atoms with van der Waals surface area (Å²) in [7, 11) is 0. The molecular formula is C13H25ClN2O. The van der Waals surface area contributed by atoms with Gasteiger partial charge in [0.25, 0.3) is 0 Å². The average molecular weight is 261 g/mol. The maximum Gasteiger partial charge on any atom is 0.226 e. The van der Waals surface area contributed by atoms with Gasteiger partial charge in [-0.15, -0.1) is 12.4 Å². The fourth-order valence-electron chi connectivity index (χ4n) is 2.97. The minimum Gasteiger partial charge on any atom is -0.337 e. The van der Waals surface area contributed by atoms with Crippen LogP contribution in [0.3, 0.4) is 0 Å². The largest absolute Gasteiger partial charge is 0.337 e. The molecule has 4 heteroatoms. The molecule has 2 saturated carbocycles. The fourth-order valence-corrected chi connectivity index (χ4v) is 2.97. The molecule has 2 atom stereocenters. The van der Waals surface area contributed by atoms with Gasteiger partial charge in [-0.2, -0.15) is 0 Å². The third-order valence-electron chi connectivity index (χ3n) is 4.10. The Morgan fingerprint density at radius 1 is 1.24 bits per heavy atom. The number of carbonyl (C=O) groups is 1. The number of nitrogens with zero attached hydrogens (tertiary/aromatic N) is 1. The Labute approximate surface area is 111 Å². The van der Waals surface area contributed by atoms with Gasteiger partial charge in [-0.1, -0.05) is 0 Å². The maximum atomic E-state index is 12.4. The highest BCUT2D eigenvalue weighted by molar-refractivity contribution is 5.85. The van der Waals surface area contributed by atoms with Crippen LogP contribution in [0.4, 0.5) is 0 Å². The first-order valence-electron chi connectivity index (χ1n) is 6.67. The van der Waals surface area contributed by atoms with Crippen LogP contribution < -0.4 is 5.73 Å². The monoisotopic (exact) mass is 260 g/mol. The first-order valence-corrected chi connectivity index (χ1v) is 6.67. The third-order valence-corrected chi connectivity index (χ3v) is 4.10. The van der Waals surface area contributed by atoms with Crippen molar-refractivity contribution in [1.82, 2.24) is 4.90 Å². The predicted molar refractivity (Wildman–Crippen MR) is 72.2 cm³/mol. The first kappa shape index (κ1) is 14.8. The van der Waals surface area contributed by atoms with Crippen LogP contribution in [0.15, 0.2) is 0 Å². The van der Waals surface area contributed by atoms with Crippen LogP contribution >= 0.6 is 12.4 Å². The molecule has 0 spiro atoms. The van der Waals surface area contributed by atoms with Crippen molar-refractivity contribution in [2.24, 2.45) is 11.7 Å². The van der Waals surface area contributed by atoms with Crippen LogP contribution in [0.5, 0.6) is 0 Å². The lowest BCUT2D eigenvalue weighted by molar-refractivity contribution is -0.141. The molecule has 3 nitrogen and oxygen atoms in total. The highest BCUT2D eigenvalue weighted by atomic mass is 35.5. The lowest BCUT2D eigenvalue weighted by Gasteiger charge is -2.41. The molecule has 0 aliphatic heterocycles. The SMILES string of the molecule is CC(C)N(C(=O)C1CCC(N)C1)C1CCC1.Cl. The summed E-state index contributed by atoms with van der Waals surface area (Å²) < 4.78 is 0. The molecule has 0 heterocycles. The average Bonchev–Trinajstić information content (AvgIpc) is 2.56. The number of hydrogen-bond acceptors (Lipinski definition) is 2. The lowest BCUT2D eigenvalue weighted by Crippen LogP contribution is -2.50. The normalized spacial score (nSPS) is 28.7. The second kappa shape index (κ2) is 6.05. The van der Waals surface area contributed by atoms with Gasteiger partial charge in [0.2, 0.25) is 5.91 Å². The van der Waals surface area contributed by atoms with Gasteiger partial charge in [0, 0.05) is 24.0 Å². The molecule has 0 aromatic rings. The molecule has 0 radical (unpaired) electrons. The van der Waals surface area contributed by atoms with E-state index in [9.17, 15) is 4.79 Å². The van der Waals surface area contributed by atoms with Gasteiger partial charge in [0.1, 0.15) is 0 Å². The van der Waals surface area contributed by atoms with Crippen molar-refractivity contribution in [3.8, 4) is 0 Å². The topological polar surface area (TPSA) is 46.3 Å². The van der Waals surface area contributed by atoms with Gasteiger partial charge < -0.3 is 10.6 Å². The Morgan fingerprint density at radius 2 is 1.88 bits per heavy atom. The molecule has 0 aromatic carbocycles. The lowest BCUT2D eigenvalue weighted by atomic mass is 9.89. The Kier molecular flexibility index (Phi) is 5.26. The molecule has 0 aromatic heterocycles. The molecule has 2 rings (SSSR count). The van der Waals surface area contributed by atoms with Crippen molar-refractivity contribution in [3.63, 3.8) is 0 Å². The van der Waals surface area contributed by atoms with Crippen molar-refractivity contribution < 1.29 is 4.79 Å². The Balaban J connectivity index is 0.00000144. The van der Waals surface area contributed by atoms with E-state index in [0.717, 1.165) is 19.3 Å². The van der Waals surface area contributed by atoms with Crippen molar-refractivity contribution in [3.05, 3.63) is 0 Å². The first-order chi connectivity index (χ1) is 7.59. The van der Waals surface area contributed by atoms with E-state index in [4.69, 9.17) is 5.73 Å². The Morgan fingerprint density at radius 3 is 2.24 bits per heavy atom. The molecule has 17 heavy (non-hydrogen) atoms. The minimum atomic E-state index is 0. The van der Waals surface area contributed by atoms with Crippen LogP contribution in [0.2, 0.25) is 0 Å².